The number of carbonyl (C=O) groups is 5. The lowest BCUT2D eigenvalue weighted by Crippen LogP contribution is -2.65. The molecule has 0 bridgehead atoms. The van der Waals surface area contributed by atoms with Crippen molar-refractivity contribution in [3.8, 4) is 5.75 Å². The van der Waals surface area contributed by atoms with Crippen LogP contribution in [0, 0.1) is 0 Å². The van der Waals surface area contributed by atoms with Gasteiger partial charge >= 0.3 is 38.1 Å². The number of nitrogens with one attached hydrogen (secondary N) is 2. The maximum atomic E-state index is 12.7. The number of likely N-dealkylation sites (N-methyl/N-ethyl adjacent to an activating group) is 1. The molecule has 2 aliphatic heterocycles. The molecule has 2 atom stereocenters. The zero-order valence-corrected chi connectivity index (χ0v) is 18.0. The number of fused-ring (bicyclic) bond motifs is 1. The number of carbonyl (C=O) groups excluding carboxylic acids is 4. The van der Waals surface area contributed by atoms with Gasteiger partial charge in [-0.15, -0.1) is 0 Å². The first-order chi connectivity index (χ1) is 16.0. The lowest BCUT2D eigenvalue weighted by atomic mass is 9.71. The Morgan fingerprint density at radius 3 is 2.56 bits per heavy atom. The van der Waals surface area contributed by atoms with E-state index in [1.165, 1.54) is 23.1 Å². The molecule has 3 rings (SSSR count). The van der Waals surface area contributed by atoms with E-state index in [-0.39, 0.29) is 37.4 Å². The second-order valence-corrected chi connectivity index (χ2v) is 7.61. The molecule has 14 nitrogen and oxygen atoms in total. The largest absolute Gasteiger partial charge is 0.547 e. The Labute approximate surface area is 193 Å². The van der Waals surface area contributed by atoms with Gasteiger partial charge in [-0.2, -0.15) is 0 Å². The predicted octanol–water partition coefficient (Wildman–Crippen LogP) is -3.39. The normalized spacial score (nSPS) is 18.6. The summed E-state index contributed by atoms with van der Waals surface area (Å²) in [5.41, 5.74) is 0.193. The number of hydrogen-bond donors (Lipinski definition) is 6. The summed E-state index contributed by atoms with van der Waals surface area (Å²) in [6.07, 6.45) is -0.0580. The average molecular weight is 476 g/mol. The van der Waals surface area contributed by atoms with Crippen molar-refractivity contribution in [1.82, 2.24) is 20.4 Å². The van der Waals surface area contributed by atoms with Gasteiger partial charge in [0, 0.05) is 19.6 Å². The predicted molar refractivity (Wildman–Crippen MR) is 114 cm³/mol. The Morgan fingerprint density at radius 2 is 1.94 bits per heavy atom. The number of carboxylic acid groups (broad SMARTS) is 1. The van der Waals surface area contributed by atoms with Crippen molar-refractivity contribution >= 4 is 44.0 Å². The first-order valence-corrected chi connectivity index (χ1v) is 10.3. The number of amides is 5. The fraction of sp³-hybridized carbons (Fsp3) is 0.389. The van der Waals surface area contributed by atoms with E-state index in [2.05, 4.69) is 5.32 Å². The second-order valence-electron chi connectivity index (χ2n) is 7.61. The van der Waals surface area contributed by atoms with Crippen LogP contribution in [0.15, 0.2) is 18.2 Å². The molecule has 0 aliphatic carbocycles. The van der Waals surface area contributed by atoms with Crippen molar-refractivity contribution in [2.24, 2.45) is 0 Å². The summed E-state index contributed by atoms with van der Waals surface area (Å²) in [5.74, 6) is -7.58. The van der Waals surface area contributed by atoms with Gasteiger partial charge < -0.3 is 40.4 Å². The molecule has 5 amide bonds. The van der Waals surface area contributed by atoms with Gasteiger partial charge in [-0.3, -0.25) is 19.3 Å². The Bertz CT molecular complexity index is 1020. The minimum Gasteiger partial charge on any atom is -0.534 e. The Hall–Kier alpha value is -3.62. The Kier molecular flexibility index (Phi) is 7.44. The molecule has 34 heavy (non-hydrogen) atoms. The van der Waals surface area contributed by atoms with Crippen LogP contribution in [-0.4, -0.2) is 105 Å². The minimum absolute atomic E-state index is 0.0580. The third-order valence-corrected chi connectivity index (χ3v) is 5.47. The zero-order chi connectivity index (χ0) is 25.2. The summed E-state index contributed by atoms with van der Waals surface area (Å²) in [6, 6.07) is 3.09. The first kappa shape index (κ1) is 25.0. The third kappa shape index (κ3) is 4.98. The highest BCUT2D eigenvalue weighted by atomic mass is 16.5. The summed E-state index contributed by atoms with van der Waals surface area (Å²) < 4.78 is 5.25. The topological polar surface area (TPSA) is 206 Å². The number of para-hydroxylation sites is 1. The molecule has 0 saturated carbocycles. The molecule has 180 valence electrons. The second kappa shape index (κ2) is 10.1. The summed E-state index contributed by atoms with van der Waals surface area (Å²) in [6.45, 7) is 1.85. The molecule has 1 aromatic carbocycles. The van der Waals surface area contributed by atoms with Gasteiger partial charge in [0.25, 0.3) is 0 Å². The Morgan fingerprint density at radius 1 is 1.24 bits per heavy atom. The SMILES string of the molecule is CCN1CCN(C(=O)NC(B(O)O)C(=O)N[C@H]2Cc3cccc(C(=O)O)c3OB2O)C(=O)C1=O. The zero-order valence-electron chi connectivity index (χ0n) is 18.0. The van der Waals surface area contributed by atoms with Gasteiger partial charge in [0.2, 0.25) is 5.91 Å². The van der Waals surface area contributed by atoms with E-state index in [9.17, 15) is 44.2 Å². The molecule has 0 spiro atoms. The Balaban J connectivity index is 1.69. The molecule has 0 radical (unpaired) electrons. The maximum Gasteiger partial charge on any atom is 0.547 e. The monoisotopic (exact) mass is 476 g/mol. The van der Waals surface area contributed by atoms with Crippen molar-refractivity contribution < 1.29 is 48.8 Å². The van der Waals surface area contributed by atoms with Gasteiger partial charge in [0.1, 0.15) is 11.7 Å². The molecule has 1 unspecified atom stereocenters. The maximum absolute atomic E-state index is 12.7. The van der Waals surface area contributed by atoms with Crippen molar-refractivity contribution in [2.75, 3.05) is 19.6 Å². The van der Waals surface area contributed by atoms with Crippen LogP contribution in [0.25, 0.3) is 0 Å². The lowest BCUT2D eigenvalue weighted by molar-refractivity contribution is -0.153. The van der Waals surface area contributed by atoms with Gasteiger partial charge in [-0.05, 0) is 25.0 Å². The van der Waals surface area contributed by atoms with Crippen LogP contribution >= 0.6 is 0 Å². The van der Waals surface area contributed by atoms with Crippen LogP contribution in [0.1, 0.15) is 22.8 Å². The number of rotatable bonds is 6. The number of benzene rings is 1. The van der Waals surface area contributed by atoms with Crippen molar-refractivity contribution in [1.29, 1.82) is 0 Å². The minimum atomic E-state index is -2.39. The van der Waals surface area contributed by atoms with Crippen LogP contribution in [-0.2, 0) is 20.8 Å². The van der Waals surface area contributed by atoms with E-state index < -0.39 is 55.8 Å². The van der Waals surface area contributed by atoms with Gasteiger partial charge in [0.05, 0.1) is 11.5 Å². The standard InChI is InChI=1S/C18H22B2N4O10/c1-2-23-6-7-24(16(27)15(23)26)18(30)22-13(19(31)32)14(25)21-11-8-9-4-3-5-10(17(28)29)12(9)34-20(11)33/h3-5,11,13,31-33H,2,6-8H2,1H3,(H,21,25)(H,22,30)(H,28,29)/t11-,13?/m0/s1. The van der Waals surface area contributed by atoms with E-state index in [4.69, 9.17) is 4.65 Å². The van der Waals surface area contributed by atoms with Crippen LogP contribution in [0.5, 0.6) is 5.75 Å². The fourth-order valence-corrected chi connectivity index (χ4v) is 3.65. The van der Waals surface area contributed by atoms with Gasteiger partial charge in [0.15, 0.2) is 0 Å². The fourth-order valence-electron chi connectivity index (χ4n) is 3.65. The van der Waals surface area contributed by atoms with E-state index in [0.29, 0.717) is 10.5 Å². The number of aromatic carboxylic acids is 1. The molecule has 1 saturated heterocycles. The average Bonchev–Trinajstić information content (AvgIpc) is 2.78. The summed E-state index contributed by atoms with van der Waals surface area (Å²) in [4.78, 5) is 62.4. The van der Waals surface area contributed by atoms with E-state index in [1.54, 1.807) is 6.92 Å². The highest BCUT2D eigenvalue weighted by Crippen LogP contribution is 2.30. The molecule has 6 N–H and O–H groups in total. The molecular formula is C18H22B2N4O10. The van der Waals surface area contributed by atoms with Crippen molar-refractivity contribution in [3.05, 3.63) is 29.3 Å². The quantitative estimate of drug-likeness (QED) is 0.177. The first-order valence-electron chi connectivity index (χ1n) is 10.3. The lowest BCUT2D eigenvalue weighted by Gasteiger charge is -2.33. The van der Waals surface area contributed by atoms with E-state index in [1.807, 2.05) is 5.32 Å². The number of piperazine rings is 1. The number of hydrogen-bond acceptors (Lipinski definition) is 9. The van der Waals surface area contributed by atoms with Crippen LogP contribution in [0.4, 0.5) is 4.79 Å². The van der Waals surface area contributed by atoms with Gasteiger partial charge in [-0.1, -0.05) is 12.1 Å². The number of imide groups is 1. The molecule has 2 heterocycles. The molecular weight excluding hydrogens is 454 g/mol. The molecule has 16 heteroatoms. The van der Waals surface area contributed by atoms with Crippen molar-refractivity contribution in [3.63, 3.8) is 0 Å². The van der Waals surface area contributed by atoms with E-state index in [0.717, 1.165) is 0 Å². The third-order valence-electron chi connectivity index (χ3n) is 5.47. The number of urea groups is 1. The summed E-state index contributed by atoms with van der Waals surface area (Å²) in [7, 11) is -4.07. The van der Waals surface area contributed by atoms with Crippen LogP contribution in [0.2, 0.25) is 0 Å². The van der Waals surface area contributed by atoms with Crippen LogP contribution < -0.4 is 15.3 Å². The molecule has 1 fully saturated rings. The summed E-state index contributed by atoms with van der Waals surface area (Å²) in [5, 5.41) is 43.1. The smallest absolute Gasteiger partial charge is 0.534 e. The molecule has 1 aromatic rings. The molecule has 0 aromatic heterocycles. The van der Waals surface area contributed by atoms with Gasteiger partial charge in [-0.25, -0.2) is 9.59 Å². The molecule has 2 aliphatic rings. The summed E-state index contributed by atoms with van der Waals surface area (Å²) >= 11 is 0. The number of nitrogens with zero attached hydrogens (tertiary/aromatic N) is 2. The highest BCUT2D eigenvalue weighted by molar-refractivity contribution is 6.51. The highest BCUT2D eigenvalue weighted by Gasteiger charge is 2.43. The van der Waals surface area contributed by atoms with Crippen molar-refractivity contribution in [2.45, 2.75) is 25.2 Å². The van der Waals surface area contributed by atoms with Crippen LogP contribution in [0.3, 0.4) is 0 Å². The number of carboxylic acids is 1. The van der Waals surface area contributed by atoms with E-state index >= 15 is 0 Å².